The number of esters is 1. The van der Waals surface area contributed by atoms with Crippen molar-refractivity contribution in [2.45, 2.75) is 32.3 Å². The summed E-state index contributed by atoms with van der Waals surface area (Å²) in [6.45, 7) is 7.20. The summed E-state index contributed by atoms with van der Waals surface area (Å²) in [5, 5.41) is 12.8. The fourth-order valence-corrected chi connectivity index (χ4v) is 3.87. The molecule has 1 atom stereocenters. The summed E-state index contributed by atoms with van der Waals surface area (Å²) < 4.78 is 4.83. The maximum Gasteiger partial charge on any atom is 0.337 e. The average molecular weight is 405 g/mol. The SMILES string of the molecule is CCC(O)CN1CCN(C(=O)Nc2cc(C(=O)OC)ccc2N2CCCC2)CC1. The quantitative estimate of drug-likeness (QED) is 0.706. The number of carbonyl (C=O) groups is 2. The van der Waals surface area contributed by atoms with Crippen LogP contribution in [0.1, 0.15) is 36.5 Å². The van der Waals surface area contributed by atoms with Crippen LogP contribution >= 0.6 is 0 Å². The van der Waals surface area contributed by atoms with Gasteiger partial charge < -0.3 is 25.0 Å². The molecule has 2 saturated heterocycles. The number of β-amino-alcohol motifs (C(OH)–C–C–N with tert-alkyl or cyclic N) is 1. The van der Waals surface area contributed by atoms with Crippen LogP contribution in [0.3, 0.4) is 0 Å². The van der Waals surface area contributed by atoms with Gasteiger partial charge in [0.05, 0.1) is 30.2 Å². The molecule has 160 valence electrons. The van der Waals surface area contributed by atoms with Gasteiger partial charge in [0.15, 0.2) is 0 Å². The number of aliphatic hydroxyl groups is 1. The maximum atomic E-state index is 12.9. The van der Waals surface area contributed by atoms with Crippen LogP contribution in [-0.2, 0) is 4.74 Å². The third-order valence-corrected chi connectivity index (χ3v) is 5.71. The van der Waals surface area contributed by atoms with Gasteiger partial charge >= 0.3 is 12.0 Å². The van der Waals surface area contributed by atoms with Gasteiger partial charge in [-0.3, -0.25) is 4.90 Å². The Morgan fingerprint density at radius 1 is 1.14 bits per heavy atom. The summed E-state index contributed by atoms with van der Waals surface area (Å²) >= 11 is 0. The Labute approximate surface area is 172 Å². The van der Waals surface area contributed by atoms with Gasteiger partial charge in [0.2, 0.25) is 0 Å². The lowest BCUT2D eigenvalue weighted by Gasteiger charge is -2.35. The smallest absolute Gasteiger partial charge is 0.337 e. The van der Waals surface area contributed by atoms with E-state index in [2.05, 4.69) is 15.1 Å². The van der Waals surface area contributed by atoms with E-state index in [4.69, 9.17) is 4.74 Å². The number of aliphatic hydroxyl groups excluding tert-OH is 1. The van der Waals surface area contributed by atoms with Crippen molar-refractivity contribution in [3.05, 3.63) is 23.8 Å². The minimum absolute atomic E-state index is 0.164. The van der Waals surface area contributed by atoms with Crippen LogP contribution in [-0.4, -0.2) is 85.9 Å². The highest BCUT2D eigenvalue weighted by Crippen LogP contribution is 2.30. The molecular weight excluding hydrogens is 372 g/mol. The largest absolute Gasteiger partial charge is 0.465 e. The van der Waals surface area contributed by atoms with E-state index in [0.29, 0.717) is 30.9 Å². The lowest BCUT2D eigenvalue weighted by Crippen LogP contribution is -2.51. The average Bonchev–Trinajstić information content (AvgIpc) is 3.28. The summed E-state index contributed by atoms with van der Waals surface area (Å²) in [4.78, 5) is 31.0. The first-order chi connectivity index (χ1) is 14.0. The molecule has 2 aliphatic rings. The summed E-state index contributed by atoms with van der Waals surface area (Å²) in [5.74, 6) is -0.420. The zero-order valence-corrected chi connectivity index (χ0v) is 17.4. The zero-order chi connectivity index (χ0) is 20.8. The highest BCUT2D eigenvalue weighted by Gasteiger charge is 2.24. The van der Waals surface area contributed by atoms with Gasteiger partial charge in [0.25, 0.3) is 0 Å². The van der Waals surface area contributed by atoms with Gasteiger partial charge in [-0.2, -0.15) is 0 Å². The van der Waals surface area contributed by atoms with Crippen LogP contribution < -0.4 is 10.2 Å². The van der Waals surface area contributed by atoms with Crippen LogP contribution in [0.2, 0.25) is 0 Å². The Bertz CT molecular complexity index is 713. The maximum absolute atomic E-state index is 12.9. The molecule has 0 bridgehead atoms. The summed E-state index contributed by atoms with van der Waals surface area (Å²) in [6.07, 6.45) is 2.66. The Morgan fingerprint density at radius 2 is 1.83 bits per heavy atom. The number of carbonyl (C=O) groups excluding carboxylic acids is 2. The van der Waals surface area contributed by atoms with Crippen molar-refractivity contribution in [1.82, 2.24) is 9.80 Å². The number of anilines is 2. The molecule has 8 nitrogen and oxygen atoms in total. The standard InChI is InChI=1S/C21H32N4O4/c1-3-17(26)15-23-10-12-25(13-11-23)21(28)22-18-14-16(20(27)29-2)6-7-19(18)24-8-4-5-9-24/h6-7,14,17,26H,3-5,8-13,15H2,1-2H3,(H,22,28). The van der Waals surface area contributed by atoms with E-state index in [-0.39, 0.29) is 12.1 Å². The van der Waals surface area contributed by atoms with Crippen molar-refractivity contribution in [2.24, 2.45) is 0 Å². The van der Waals surface area contributed by atoms with E-state index in [1.54, 1.807) is 17.0 Å². The molecule has 2 aliphatic heterocycles. The Balaban J connectivity index is 1.68. The second-order valence-electron chi connectivity index (χ2n) is 7.70. The van der Waals surface area contributed by atoms with Crippen LogP contribution in [0, 0.1) is 0 Å². The summed E-state index contributed by atoms with van der Waals surface area (Å²) in [5.41, 5.74) is 2.00. The van der Waals surface area contributed by atoms with Gasteiger partial charge in [0, 0.05) is 45.8 Å². The molecule has 1 aromatic carbocycles. The van der Waals surface area contributed by atoms with Crippen molar-refractivity contribution in [2.75, 3.05) is 63.1 Å². The van der Waals surface area contributed by atoms with Gasteiger partial charge in [-0.15, -0.1) is 0 Å². The lowest BCUT2D eigenvalue weighted by molar-refractivity contribution is 0.0600. The lowest BCUT2D eigenvalue weighted by atomic mass is 10.1. The fraction of sp³-hybridized carbons (Fsp3) is 0.619. The van der Waals surface area contributed by atoms with Crippen molar-refractivity contribution < 1.29 is 19.4 Å². The molecule has 0 aromatic heterocycles. The number of amides is 2. The molecule has 0 aliphatic carbocycles. The van der Waals surface area contributed by atoms with Crippen LogP contribution in [0.4, 0.5) is 16.2 Å². The van der Waals surface area contributed by atoms with E-state index in [9.17, 15) is 14.7 Å². The second-order valence-corrected chi connectivity index (χ2v) is 7.70. The predicted molar refractivity (Wildman–Crippen MR) is 113 cm³/mol. The van der Waals surface area contributed by atoms with Gasteiger partial charge in [-0.05, 0) is 37.5 Å². The van der Waals surface area contributed by atoms with Crippen molar-refractivity contribution in [3.63, 3.8) is 0 Å². The minimum atomic E-state index is -0.420. The van der Waals surface area contributed by atoms with E-state index in [0.717, 1.165) is 51.1 Å². The van der Waals surface area contributed by atoms with Crippen LogP contribution in [0.25, 0.3) is 0 Å². The van der Waals surface area contributed by atoms with Crippen molar-refractivity contribution >= 4 is 23.4 Å². The number of nitrogens with zero attached hydrogens (tertiary/aromatic N) is 3. The Kier molecular flexibility index (Phi) is 7.33. The highest BCUT2D eigenvalue weighted by atomic mass is 16.5. The monoisotopic (exact) mass is 404 g/mol. The molecule has 0 spiro atoms. The molecule has 2 fully saturated rings. The fourth-order valence-electron chi connectivity index (χ4n) is 3.87. The molecule has 29 heavy (non-hydrogen) atoms. The van der Waals surface area contributed by atoms with E-state index < -0.39 is 5.97 Å². The number of ether oxygens (including phenoxy) is 1. The zero-order valence-electron chi connectivity index (χ0n) is 17.4. The first-order valence-electron chi connectivity index (χ1n) is 10.5. The molecular formula is C21H32N4O4. The third kappa shape index (κ3) is 5.39. The molecule has 2 N–H and O–H groups in total. The van der Waals surface area contributed by atoms with Crippen LogP contribution in [0.5, 0.6) is 0 Å². The topological polar surface area (TPSA) is 85.3 Å². The number of hydrogen-bond donors (Lipinski definition) is 2. The number of nitrogens with one attached hydrogen (secondary N) is 1. The second kappa shape index (κ2) is 9.93. The first-order valence-corrected chi connectivity index (χ1v) is 10.5. The highest BCUT2D eigenvalue weighted by molar-refractivity contribution is 5.97. The third-order valence-electron chi connectivity index (χ3n) is 5.71. The molecule has 0 saturated carbocycles. The molecule has 8 heteroatoms. The van der Waals surface area contributed by atoms with E-state index in [1.807, 2.05) is 13.0 Å². The molecule has 1 unspecified atom stereocenters. The molecule has 0 radical (unpaired) electrons. The van der Waals surface area contributed by atoms with Crippen LogP contribution in [0.15, 0.2) is 18.2 Å². The van der Waals surface area contributed by atoms with Gasteiger partial charge in [-0.1, -0.05) is 6.92 Å². The van der Waals surface area contributed by atoms with E-state index >= 15 is 0 Å². The first kappa shape index (κ1) is 21.4. The molecule has 2 amide bonds. The molecule has 3 rings (SSSR count). The number of benzene rings is 1. The number of hydrogen-bond acceptors (Lipinski definition) is 6. The minimum Gasteiger partial charge on any atom is -0.465 e. The number of rotatable bonds is 6. The Hall–Kier alpha value is -2.32. The van der Waals surface area contributed by atoms with E-state index in [1.165, 1.54) is 7.11 Å². The number of piperazine rings is 1. The van der Waals surface area contributed by atoms with Crippen molar-refractivity contribution in [1.29, 1.82) is 0 Å². The summed E-state index contributed by atoms with van der Waals surface area (Å²) in [7, 11) is 1.35. The predicted octanol–water partition coefficient (Wildman–Crippen LogP) is 1.99. The van der Waals surface area contributed by atoms with Gasteiger partial charge in [0.1, 0.15) is 0 Å². The normalized spacial score (nSPS) is 18.6. The molecule has 1 aromatic rings. The summed E-state index contributed by atoms with van der Waals surface area (Å²) in [6, 6.07) is 5.17. The van der Waals surface area contributed by atoms with Gasteiger partial charge in [-0.25, -0.2) is 9.59 Å². The number of urea groups is 1. The molecule has 2 heterocycles. The number of methoxy groups -OCH3 is 1. The van der Waals surface area contributed by atoms with Crippen molar-refractivity contribution in [3.8, 4) is 0 Å². The Morgan fingerprint density at radius 3 is 2.45 bits per heavy atom.